The first-order chi connectivity index (χ1) is 9.85. The SMILES string of the molecule is OCc1cn(CC2CCCN(c3ncccn3)C2)nn1. The Labute approximate surface area is 117 Å². The van der Waals surface area contributed by atoms with Crippen LogP contribution in [-0.2, 0) is 13.2 Å². The summed E-state index contributed by atoms with van der Waals surface area (Å²) >= 11 is 0. The van der Waals surface area contributed by atoms with Gasteiger partial charge in [-0.05, 0) is 24.8 Å². The zero-order chi connectivity index (χ0) is 13.8. The van der Waals surface area contributed by atoms with Crippen molar-refractivity contribution in [2.45, 2.75) is 26.0 Å². The number of anilines is 1. The molecule has 1 atom stereocenters. The van der Waals surface area contributed by atoms with Gasteiger partial charge in [-0.3, -0.25) is 4.68 Å². The van der Waals surface area contributed by atoms with Crippen LogP contribution in [0.25, 0.3) is 0 Å². The second-order valence-corrected chi connectivity index (χ2v) is 5.09. The average Bonchev–Trinajstić information content (AvgIpc) is 2.96. The number of nitrogens with zero attached hydrogens (tertiary/aromatic N) is 6. The van der Waals surface area contributed by atoms with Crippen LogP contribution in [-0.4, -0.2) is 43.2 Å². The minimum Gasteiger partial charge on any atom is -0.390 e. The predicted octanol–water partition coefficient (Wildman–Crippen LogP) is 0.477. The molecule has 0 amide bonds. The fourth-order valence-electron chi connectivity index (χ4n) is 2.62. The monoisotopic (exact) mass is 274 g/mol. The fourth-order valence-corrected chi connectivity index (χ4v) is 2.62. The normalized spacial score (nSPS) is 19.2. The van der Waals surface area contributed by atoms with Gasteiger partial charge in [-0.15, -0.1) is 5.10 Å². The Balaban J connectivity index is 1.63. The second-order valence-electron chi connectivity index (χ2n) is 5.09. The lowest BCUT2D eigenvalue weighted by atomic mass is 9.98. The van der Waals surface area contributed by atoms with Crippen molar-refractivity contribution in [1.29, 1.82) is 0 Å². The molecule has 1 unspecified atom stereocenters. The molecule has 3 heterocycles. The van der Waals surface area contributed by atoms with Crippen LogP contribution in [0.1, 0.15) is 18.5 Å². The molecule has 2 aromatic heterocycles. The third-order valence-corrected chi connectivity index (χ3v) is 3.55. The highest BCUT2D eigenvalue weighted by Crippen LogP contribution is 2.21. The van der Waals surface area contributed by atoms with E-state index in [9.17, 15) is 0 Å². The number of aromatic nitrogens is 5. The van der Waals surface area contributed by atoms with E-state index in [1.54, 1.807) is 18.6 Å². The molecule has 0 aliphatic carbocycles. The maximum Gasteiger partial charge on any atom is 0.225 e. The summed E-state index contributed by atoms with van der Waals surface area (Å²) in [7, 11) is 0. The molecule has 7 heteroatoms. The summed E-state index contributed by atoms with van der Waals surface area (Å²) in [5.74, 6) is 1.30. The minimum absolute atomic E-state index is 0.0609. The molecule has 1 aliphatic heterocycles. The van der Waals surface area contributed by atoms with Gasteiger partial charge in [0.05, 0.1) is 12.8 Å². The first-order valence-electron chi connectivity index (χ1n) is 6.87. The molecule has 7 nitrogen and oxygen atoms in total. The van der Waals surface area contributed by atoms with Gasteiger partial charge in [-0.2, -0.15) is 0 Å². The van der Waals surface area contributed by atoms with Crippen LogP contribution in [0.2, 0.25) is 0 Å². The van der Waals surface area contributed by atoms with Crippen molar-refractivity contribution >= 4 is 5.95 Å². The van der Waals surface area contributed by atoms with Crippen molar-refractivity contribution < 1.29 is 5.11 Å². The molecule has 0 saturated carbocycles. The average molecular weight is 274 g/mol. The third-order valence-electron chi connectivity index (χ3n) is 3.55. The zero-order valence-electron chi connectivity index (χ0n) is 11.3. The second kappa shape index (κ2) is 5.96. The van der Waals surface area contributed by atoms with E-state index >= 15 is 0 Å². The molecule has 0 radical (unpaired) electrons. The van der Waals surface area contributed by atoms with E-state index in [2.05, 4.69) is 25.2 Å². The van der Waals surface area contributed by atoms with Crippen LogP contribution < -0.4 is 4.90 Å². The Morgan fingerprint density at radius 1 is 1.30 bits per heavy atom. The summed E-state index contributed by atoms with van der Waals surface area (Å²) < 4.78 is 1.81. The van der Waals surface area contributed by atoms with E-state index in [0.717, 1.165) is 38.4 Å². The van der Waals surface area contributed by atoms with E-state index in [1.165, 1.54) is 0 Å². The van der Waals surface area contributed by atoms with E-state index < -0.39 is 0 Å². The Morgan fingerprint density at radius 3 is 2.90 bits per heavy atom. The van der Waals surface area contributed by atoms with Crippen LogP contribution in [0.3, 0.4) is 0 Å². The Hall–Kier alpha value is -2.02. The van der Waals surface area contributed by atoms with Crippen LogP contribution in [0, 0.1) is 5.92 Å². The van der Waals surface area contributed by atoms with Gasteiger partial charge in [0, 0.05) is 32.0 Å². The summed E-state index contributed by atoms with van der Waals surface area (Å²) in [6.45, 7) is 2.68. The highest BCUT2D eigenvalue weighted by atomic mass is 16.3. The Morgan fingerprint density at radius 2 is 2.15 bits per heavy atom. The van der Waals surface area contributed by atoms with Crippen molar-refractivity contribution in [1.82, 2.24) is 25.0 Å². The largest absolute Gasteiger partial charge is 0.390 e. The van der Waals surface area contributed by atoms with Gasteiger partial charge in [0.15, 0.2) is 0 Å². The van der Waals surface area contributed by atoms with Crippen molar-refractivity contribution in [2.75, 3.05) is 18.0 Å². The number of hydrogen-bond donors (Lipinski definition) is 1. The Kier molecular flexibility index (Phi) is 3.87. The molecule has 0 bridgehead atoms. The first-order valence-corrected chi connectivity index (χ1v) is 6.87. The summed E-state index contributed by atoms with van der Waals surface area (Å²) in [5, 5.41) is 16.9. The third kappa shape index (κ3) is 2.93. The molecule has 0 aromatic carbocycles. The molecule has 1 aliphatic rings. The van der Waals surface area contributed by atoms with E-state index in [0.29, 0.717) is 11.6 Å². The van der Waals surface area contributed by atoms with Crippen LogP contribution in [0.5, 0.6) is 0 Å². The van der Waals surface area contributed by atoms with Gasteiger partial charge in [-0.1, -0.05) is 5.21 Å². The molecule has 20 heavy (non-hydrogen) atoms. The molecule has 1 fully saturated rings. The Bertz CT molecular complexity index is 543. The van der Waals surface area contributed by atoms with Gasteiger partial charge in [0.2, 0.25) is 5.95 Å². The lowest BCUT2D eigenvalue weighted by molar-refractivity contribution is 0.276. The number of aliphatic hydroxyl groups excluding tert-OH is 1. The lowest BCUT2D eigenvalue weighted by Gasteiger charge is -2.32. The fraction of sp³-hybridized carbons (Fsp3) is 0.538. The molecule has 1 N–H and O–H groups in total. The molecule has 2 aromatic rings. The van der Waals surface area contributed by atoms with Gasteiger partial charge < -0.3 is 10.0 Å². The number of piperidine rings is 1. The molecule has 1 saturated heterocycles. The van der Waals surface area contributed by atoms with E-state index in [1.807, 2.05) is 10.7 Å². The van der Waals surface area contributed by atoms with E-state index in [4.69, 9.17) is 5.11 Å². The standard InChI is InChI=1S/C13H18N6O/c20-10-12-9-19(17-16-12)8-11-3-1-6-18(7-11)13-14-4-2-5-15-13/h2,4-5,9,11,20H,1,3,6-8,10H2. The maximum atomic E-state index is 9.01. The molecule has 0 spiro atoms. The van der Waals surface area contributed by atoms with Crippen molar-refractivity contribution in [3.05, 3.63) is 30.4 Å². The molecular formula is C13H18N6O. The van der Waals surface area contributed by atoms with Gasteiger partial charge in [0.25, 0.3) is 0 Å². The van der Waals surface area contributed by atoms with Crippen LogP contribution in [0.4, 0.5) is 5.95 Å². The smallest absolute Gasteiger partial charge is 0.225 e. The minimum atomic E-state index is -0.0609. The van der Waals surface area contributed by atoms with Crippen LogP contribution >= 0.6 is 0 Å². The summed E-state index contributed by atoms with van der Waals surface area (Å²) in [4.78, 5) is 10.8. The number of rotatable bonds is 4. The lowest BCUT2D eigenvalue weighted by Crippen LogP contribution is -2.38. The zero-order valence-corrected chi connectivity index (χ0v) is 11.3. The summed E-state index contributed by atoms with van der Waals surface area (Å²) in [6, 6.07) is 1.83. The number of aliphatic hydroxyl groups is 1. The van der Waals surface area contributed by atoms with Crippen molar-refractivity contribution in [3.63, 3.8) is 0 Å². The van der Waals surface area contributed by atoms with Crippen LogP contribution in [0.15, 0.2) is 24.7 Å². The topological polar surface area (TPSA) is 80.0 Å². The summed E-state index contributed by atoms with van der Waals surface area (Å²) in [6.07, 6.45) is 7.65. The van der Waals surface area contributed by atoms with Gasteiger partial charge in [-0.25, -0.2) is 9.97 Å². The molecular weight excluding hydrogens is 256 g/mol. The first kappa shape index (κ1) is 13.0. The summed E-state index contributed by atoms with van der Waals surface area (Å²) in [5.41, 5.74) is 0.615. The van der Waals surface area contributed by atoms with Crippen molar-refractivity contribution in [3.8, 4) is 0 Å². The van der Waals surface area contributed by atoms with Gasteiger partial charge in [0.1, 0.15) is 5.69 Å². The molecule has 3 rings (SSSR count). The molecule has 106 valence electrons. The predicted molar refractivity (Wildman–Crippen MR) is 72.9 cm³/mol. The highest BCUT2D eigenvalue weighted by molar-refractivity contribution is 5.29. The number of hydrogen-bond acceptors (Lipinski definition) is 6. The highest BCUT2D eigenvalue weighted by Gasteiger charge is 2.22. The van der Waals surface area contributed by atoms with Gasteiger partial charge >= 0.3 is 0 Å². The van der Waals surface area contributed by atoms with E-state index in [-0.39, 0.29) is 6.61 Å². The van der Waals surface area contributed by atoms with Crippen molar-refractivity contribution in [2.24, 2.45) is 5.92 Å². The quantitative estimate of drug-likeness (QED) is 0.873. The maximum absolute atomic E-state index is 9.01.